The van der Waals surface area contributed by atoms with Gasteiger partial charge in [0.1, 0.15) is 24.0 Å². The molecule has 0 fully saturated rings. The highest BCUT2D eigenvalue weighted by atomic mass is 16.5. The third-order valence-corrected chi connectivity index (χ3v) is 4.86. The summed E-state index contributed by atoms with van der Waals surface area (Å²) >= 11 is 0. The fourth-order valence-electron chi connectivity index (χ4n) is 3.14. The zero-order chi connectivity index (χ0) is 25.2. The number of nitrogens with zero attached hydrogens (tertiary/aromatic N) is 1. The quantitative estimate of drug-likeness (QED) is 0.318. The molecule has 8 heteroatoms. The number of carboxylic acids is 1. The zero-order valence-corrected chi connectivity index (χ0v) is 19.3. The maximum Gasteiger partial charge on any atom is 0.335 e. The highest BCUT2D eigenvalue weighted by molar-refractivity contribution is 6.09. The lowest BCUT2D eigenvalue weighted by molar-refractivity contribution is -0.112. The van der Waals surface area contributed by atoms with Gasteiger partial charge in [-0.05, 0) is 60.5 Å². The van der Waals surface area contributed by atoms with Crippen molar-refractivity contribution >= 4 is 23.6 Å². The number of hydrogen-bond acceptors (Lipinski definition) is 6. The first-order chi connectivity index (χ1) is 16.9. The number of amides is 1. The van der Waals surface area contributed by atoms with E-state index in [1.165, 1.54) is 25.3 Å². The lowest BCUT2D eigenvalue weighted by Gasteiger charge is -2.12. The van der Waals surface area contributed by atoms with Crippen molar-refractivity contribution in [2.75, 3.05) is 19.0 Å². The highest BCUT2D eigenvalue weighted by Gasteiger charge is 2.12. The van der Waals surface area contributed by atoms with Crippen molar-refractivity contribution in [3.8, 4) is 23.3 Å². The Kier molecular flexibility index (Phi) is 8.46. The number of methoxy groups -OCH3 is 1. The Balaban J connectivity index is 1.72. The number of anilines is 1. The van der Waals surface area contributed by atoms with E-state index in [0.29, 0.717) is 35.1 Å². The van der Waals surface area contributed by atoms with Crippen LogP contribution in [0, 0.1) is 11.3 Å². The van der Waals surface area contributed by atoms with Crippen molar-refractivity contribution in [2.45, 2.75) is 13.5 Å². The summed E-state index contributed by atoms with van der Waals surface area (Å²) in [6.07, 6.45) is 1.46. The maximum atomic E-state index is 12.6. The van der Waals surface area contributed by atoms with Crippen LogP contribution in [-0.4, -0.2) is 30.7 Å². The molecule has 3 aromatic carbocycles. The molecule has 35 heavy (non-hydrogen) atoms. The van der Waals surface area contributed by atoms with Gasteiger partial charge in [-0.1, -0.05) is 24.3 Å². The molecule has 8 nitrogen and oxygen atoms in total. The molecular weight excluding hydrogens is 448 g/mol. The summed E-state index contributed by atoms with van der Waals surface area (Å²) < 4.78 is 16.6. The third kappa shape index (κ3) is 6.85. The monoisotopic (exact) mass is 472 g/mol. The van der Waals surface area contributed by atoms with Crippen LogP contribution in [-0.2, 0) is 11.4 Å². The van der Waals surface area contributed by atoms with Crippen LogP contribution in [0.3, 0.4) is 0 Å². The van der Waals surface area contributed by atoms with Gasteiger partial charge in [0, 0.05) is 11.8 Å². The molecule has 178 valence electrons. The molecule has 0 aromatic heterocycles. The van der Waals surface area contributed by atoms with Crippen LogP contribution in [0.2, 0.25) is 0 Å². The first kappa shape index (κ1) is 24.9. The molecular formula is C27H24N2O6. The summed E-state index contributed by atoms with van der Waals surface area (Å²) in [6.45, 7) is 2.57. The Morgan fingerprint density at radius 2 is 1.80 bits per heavy atom. The molecule has 0 radical (unpaired) electrons. The molecule has 0 heterocycles. The first-order valence-corrected chi connectivity index (χ1v) is 10.7. The lowest BCUT2D eigenvalue weighted by Crippen LogP contribution is -2.13. The van der Waals surface area contributed by atoms with Crippen LogP contribution in [0.15, 0.2) is 72.3 Å². The Bertz CT molecular complexity index is 1280. The van der Waals surface area contributed by atoms with Gasteiger partial charge in [0.25, 0.3) is 5.91 Å². The van der Waals surface area contributed by atoms with Gasteiger partial charge in [-0.3, -0.25) is 4.79 Å². The molecule has 0 atom stereocenters. The minimum Gasteiger partial charge on any atom is -0.494 e. The van der Waals surface area contributed by atoms with E-state index in [-0.39, 0.29) is 17.7 Å². The van der Waals surface area contributed by atoms with Gasteiger partial charge in [-0.2, -0.15) is 5.26 Å². The lowest BCUT2D eigenvalue weighted by atomic mass is 10.1. The largest absolute Gasteiger partial charge is 0.494 e. The van der Waals surface area contributed by atoms with Crippen LogP contribution in [0.1, 0.15) is 28.4 Å². The maximum absolute atomic E-state index is 12.6. The SMILES string of the molecule is CCOc1cccc(NC(=O)C(C#N)=Cc2ccc(OCc3ccc(C(=O)O)cc3)c(OC)c2)c1. The third-order valence-electron chi connectivity index (χ3n) is 4.86. The molecule has 0 aliphatic carbocycles. The van der Waals surface area contributed by atoms with Crippen LogP contribution < -0.4 is 19.5 Å². The minimum absolute atomic E-state index is 0.0824. The molecule has 0 unspecified atom stereocenters. The van der Waals surface area contributed by atoms with E-state index < -0.39 is 11.9 Å². The van der Waals surface area contributed by atoms with Gasteiger partial charge in [0.2, 0.25) is 0 Å². The van der Waals surface area contributed by atoms with E-state index in [1.54, 1.807) is 54.6 Å². The summed E-state index contributed by atoms with van der Waals surface area (Å²) in [6, 6.07) is 20.2. The summed E-state index contributed by atoms with van der Waals surface area (Å²) in [5.41, 5.74) is 2.00. The summed E-state index contributed by atoms with van der Waals surface area (Å²) in [5, 5.41) is 21.2. The van der Waals surface area contributed by atoms with Crippen molar-refractivity contribution in [1.29, 1.82) is 5.26 Å². The molecule has 0 aliphatic heterocycles. The van der Waals surface area contributed by atoms with E-state index in [1.807, 2.05) is 13.0 Å². The second-order valence-electron chi connectivity index (χ2n) is 7.29. The summed E-state index contributed by atoms with van der Waals surface area (Å²) in [4.78, 5) is 23.6. The van der Waals surface area contributed by atoms with Crippen molar-refractivity contribution < 1.29 is 28.9 Å². The van der Waals surface area contributed by atoms with Crippen molar-refractivity contribution in [3.05, 3.63) is 89.0 Å². The van der Waals surface area contributed by atoms with Gasteiger partial charge in [0.05, 0.1) is 19.3 Å². The number of carboxylic acid groups (broad SMARTS) is 1. The number of carbonyl (C=O) groups excluding carboxylic acids is 1. The highest BCUT2D eigenvalue weighted by Crippen LogP contribution is 2.30. The number of ether oxygens (including phenoxy) is 3. The van der Waals surface area contributed by atoms with Gasteiger partial charge in [-0.15, -0.1) is 0 Å². The van der Waals surface area contributed by atoms with Crippen LogP contribution in [0.5, 0.6) is 17.2 Å². The summed E-state index contributed by atoms with van der Waals surface area (Å²) in [5.74, 6) is -0.0471. The van der Waals surface area contributed by atoms with Crippen LogP contribution in [0.4, 0.5) is 5.69 Å². The van der Waals surface area contributed by atoms with Crippen molar-refractivity contribution in [2.24, 2.45) is 0 Å². The second kappa shape index (κ2) is 11.9. The molecule has 3 rings (SSSR count). The molecule has 0 spiro atoms. The Labute approximate surface area is 203 Å². The molecule has 0 bridgehead atoms. The normalized spacial score (nSPS) is 10.7. The topological polar surface area (TPSA) is 118 Å². The van der Waals surface area contributed by atoms with E-state index in [2.05, 4.69) is 5.32 Å². The Morgan fingerprint density at radius 3 is 2.46 bits per heavy atom. The number of aromatic carboxylic acids is 1. The molecule has 0 saturated carbocycles. The second-order valence-corrected chi connectivity index (χ2v) is 7.29. The van der Waals surface area contributed by atoms with E-state index in [0.717, 1.165) is 5.56 Å². The Hall–Kier alpha value is -4.77. The number of rotatable bonds is 10. The number of benzene rings is 3. The van der Waals surface area contributed by atoms with E-state index >= 15 is 0 Å². The van der Waals surface area contributed by atoms with Crippen molar-refractivity contribution in [1.82, 2.24) is 0 Å². The smallest absolute Gasteiger partial charge is 0.335 e. The first-order valence-electron chi connectivity index (χ1n) is 10.7. The van der Waals surface area contributed by atoms with Crippen LogP contribution >= 0.6 is 0 Å². The van der Waals surface area contributed by atoms with E-state index in [9.17, 15) is 14.9 Å². The molecule has 2 N–H and O–H groups in total. The van der Waals surface area contributed by atoms with Gasteiger partial charge in [0.15, 0.2) is 11.5 Å². The van der Waals surface area contributed by atoms with Gasteiger partial charge < -0.3 is 24.6 Å². The van der Waals surface area contributed by atoms with Crippen molar-refractivity contribution in [3.63, 3.8) is 0 Å². The predicted octanol–water partition coefficient (Wildman–Crippen LogP) is 4.92. The fourth-order valence-corrected chi connectivity index (χ4v) is 3.14. The summed E-state index contributed by atoms with van der Waals surface area (Å²) in [7, 11) is 1.49. The van der Waals surface area contributed by atoms with Gasteiger partial charge in [-0.25, -0.2) is 4.79 Å². The van der Waals surface area contributed by atoms with Crippen LogP contribution in [0.25, 0.3) is 6.08 Å². The average molecular weight is 472 g/mol. The number of carbonyl (C=O) groups is 2. The standard InChI is InChI=1S/C27H24N2O6/c1-3-34-23-6-4-5-22(15-23)29-26(30)21(16-28)13-19-9-12-24(25(14-19)33-2)35-17-18-7-10-20(11-8-18)27(31)32/h4-15H,3,17H2,1-2H3,(H,29,30)(H,31,32). The molecule has 3 aromatic rings. The number of nitriles is 1. The Morgan fingerprint density at radius 1 is 1.03 bits per heavy atom. The zero-order valence-electron chi connectivity index (χ0n) is 19.3. The number of nitrogens with one attached hydrogen (secondary N) is 1. The molecule has 0 aliphatic rings. The predicted molar refractivity (Wildman–Crippen MR) is 131 cm³/mol. The minimum atomic E-state index is -0.993. The number of hydrogen-bond donors (Lipinski definition) is 2. The molecule has 1 amide bonds. The fraction of sp³-hybridized carbons (Fsp3) is 0.148. The van der Waals surface area contributed by atoms with Gasteiger partial charge >= 0.3 is 5.97 Å². The van der Waals surface area contributed by atoms with E-state index in [4.69, 9.17) is 19.3 Å². The average Bonchev–Trinajstić information content (AvgIpc) is 2.86. The molecule has 0 saturated heterocycles.